The maximum Gasteiger partial charge on any atom is 0.0693 e. The molecule has 1 rings (SSSR count). The Morgan fingerprint density at radius 1 is 1.06 bits per heavy atom. The summed E-state index contributed by atoms with van der Waals surface area (Å²) in [6.45, 7) is 4.49. The minimum absolute atomic E-state index is 0.122. The molecule has 0 radical (unpaired) electrons. The number of hydrogen-bond acceptors (Lipinski definition) is 2. The Morgan fingerprint density at radius 3 is 2.39 bits per heavy atom. The standard InChI is InChI=1S/C16H33NO/c1-3-4-5-6-7-8-9-13-16(18)15-12-10-11-14(2)17-15/h14-18H,3-13H2,1-2H3. The molecule has 0 amide bonds. The van der Waals surface area contributed by atoms with Crippen molar-refractivity contribution >= 4 is 0 Å². The molecular formula is C16H33NO. The molecule has 0 aromatic heterocycles. The van der Waals surface area contributed by atoms with E-state index in [0.717, 1.165) is 12.8 Å². The van der Waals surface area contributed by atoms with Gasteiger partial charge in [0.05, 0.1) is 6.10 Å². The van der Waals surface area contributed by atoms with Gasteiger partial charge >= 0.3 is 0 Å². The third kappa shape index (κ3) is 6.75. The number of piperidine rings is 1. The van der Waals surface area contributed by atoms with E-state index in [2.05, 4.69) is 19.2 Å². The normalized spacial score (nSPS) is 26.2. The molecule has 108 valence electrons. The summed E-state index contributed by atoms with van der Waals surface area (Å²) in [5.74, 6) is 0. The van der Waals surface area contributed by atoms with E-state index in [1.54, 1.807) is 0 Å². The van der Waals surface area contributed by atoms with Gasteiger partial charge in [-0.1, -0.05) is 58.3 Å². The summed E-state index contributed by atoms with van der Waals surface area (Å²) in [7, 11) is 0. The fourth-order valence-corrected chi connectivity index (χ4v) is 2.99. The molecule has 3 unspecified atom stereocenters. The lowest BCUT2D eigenvalue weighted by Gasteiger charge is -2.32. The molecule has 0 spiro atoms. The molecule has 1 aliphatic rings. The van der Waals surface area contributed by atoms with Gasteiger partial charge in [-0.15, -0.1) is 0 Å². The Hall–Kier alpha value is -0.0800. The predicted molar refractivity (Wildman–Crippen MR) is 78.9 cm³/mol. The van der Waals surface area contributed by atoms with Crippen molar-refractivity contribution in [2.24, 2.45) is 0 Å². The van der Waals surface area contributed by atoms with Gasteiger partial charge in [0.2, 0.25) is 0 Å². The molecule has 0 aromatic carbocycles. The van der Waals surface area contributed by atoms with Crippen LogP contribution in [0.3, 0.4) is 0 Å². The van der Waals surface area contributed by atoms with E-state index in [1.807, 2.05) is 0 Å². The molecule has 1 saturated heterocycles. The molecule has 1 fully saturated rings. The molecule has 0 aromatic rings. The van der Waals surface area contributed by atoms with Gasteiger partial charge in [-0.25, -0.2) is 0 Å². The average molecular weight is 255 g/mol. The Labute approximate surface area is 114 Å². The Kier molecular flexibility index (Phi) is 8.70. The monoisotopic (exact) mass is 255 g/mol. The van der Waals surface area contributed by atoms with Crippen molar-refractivity contribution < 1.29 is 5.11 Å². The second-order valence-corrected chi connectivity index (χ2v) is 6.08. The van der Waals surface area contributed by atoms with E-state index in [-0.39, 0.29) is 6.10 Å². The number of aliphatic hydroxyl groups is 1. The number of hydrogen-bond donors (Lipinski definition) is 2. The third-order valence-electron chi connectivity index (χ3n) is 4.22. The quantitative estimate of drug-likeness (QED) is 0.610. The second kappa shape index (κ2) is 9.80. The van der Waals surface area contributed by atoms with Gasteiger partial charge in [0.25, 0.3) is 0 Å². The lowest BCUT2D eigenvalue weighted by Crippen LogP contribution is -2.47. The van der Waals surface area contributed by atoms with Crippen LogP contribution in [0.1, 0.15) is 84.5 Å². The fraction of sp³-hybridized carbons (Fsp3) is 1.00. The first-order valence-corrected chi connectivity index (χ1v) is 8.18. The van der Waals surface area contributed by atoms with Crippen molar-refractivity contribution in [1.82, 2.24) is 5.32 Å². The number of aliphatic hydroxyl groups excluding tert-OH is 1. The minimum atomic E-state index is -0.122. The average Bonchev–Trinajstić information content (AvgIpc) is 2.37. The van der Waals surface area contributed by atoms with Crippen molar-refractivity contribution in [2.75, 3.05) is 0 Å². The molecule has 1 aliphatic heterocycles. The maximum absolute atomic E-state index is 10.2. The van der Waals surface area contributed by atoms with E-state index in [0.29, 0.717) is 12.1 Å². The van der Waals surface area contributed by atoms with E-state index < -0.39 is 0 Å². The topological polar surface area (TPSA) is 32.3 Å². The maximum atomic E-state index is 10.2. The summed E-state index contributed by atoms with van der Waals surface area (Å²) in [6, 6.07) is 0.946. The summed E-state index contributed by atoms with van der Waals surface area (Å²) < 4.78 is 0. The first-order chi connectivity index (χ1) is 8.74. The van der Waals surface area contributed by atoms with Crippen molar-refractivity contribution in [1.29, 1.82) is 0 Å². The number of nitrogens with one attached hydrogen (secondary N) is 1. The van der Waals surface area contributed by atoms with E-state index in [1.165, 1.54) is 57.8 Å². The summed E-state index contributed by atoms with van der Waals surface area (Å²) in [4.78, 5) is 0. The van der Waals surface area contributed by atoms with Gasteiger partial charge in [-0.05, 0) is 26.2 Å². The van der Waals surface area contributed by atoms with Crippen LogP contribution in [-0.2, 0) is 0 Å². The molecule has 2 heteroatoms. The molecule has 0 saturated carbocycles. The van der Waals surface area contributed by atoms with Gasteiger partial charge in [0, 0.05) is 12.1 Å². The predicted octanol–water partition coefficient (Wildman–Crippen LogP) is 4.02. The Bertz CT molecular complexity index is 196. The van der Waals surface area contributed by atoms with Crippen molar-refractivity contribution in [2.45, 2.75) is 103 Å². The summed E-state index contributed by atoms with van der Waals surface area (Å²) >= 11 is 0. The highest BCUT2D eigenvalue weighted by Crippen LogP contribution is 2.18. The van der Waals surface area contributed by atoms with Gasteiger partial charge in [-0.3, -0.25) is 0 Å². The van der Waals surface area contributed by atoms with Crippen LogP contribution in [0.25, 0.3) is 0 Å². The Balaban J connectivity index is 1.97. The largest absolute Gasteiger partial charge is 0.392 e. The molecule has 1 heterocycles. The zero-order valence-electron chi connectivity index (χ0n) is 12.5. The number of unbranched alkanes of at least 4 members (excludes halogenated alkanes) is 6. The minimum Gasteiger partial charge on any atom is -0.392 e. The summed E-state index contributed by atoms with van der Waals surface area (Å²) in [5, 5.41) is 13.7. The van der Waals surface area contributed by atoms with Crippen molar-refractivity contribution in [3.63, 3.8) is 0 Å². The summed E-state index contributed by atoms with van der Waals surface area (Å²) in [5.41, 5.74) is 0. The van der Waals surface area contributed by atoms with Crippen LogP contribution in [0.5, 0.6) is 0 Å². The van der Waals surface area contributed by atoms with Crippen LogP contribution in [0.2, 0.25) is 0 Å². The molecule has 0 bridgehead atoms. The molecule has 18 heavy (non-hydrogen) atoms. The zero-order chi connectivity index (χ0) is 13.2. The van der Waals surface area contributed by atoms with Gasteiger partial charge in [-0.2, -0.15) is 0 Å². The fourth-order valence-electron chi connectivity index (χ4n) is 2.99. The van der Waals surface area contributed by atoms with Crippen LogP contribution >= 0.6 is 0 Å². The third-order valence-corrected chi connectivity index (χ3v) is 4.22. The van der Waals surface area contributed by atoms with Gasteiger partial charge < -0.3 is 10.4 Å². The van der Waals surface area contributed by atoms with Crippen LogP contribution < -0.4 is 5.32 Å². The molecule has 0 aliphatic carbocycles. The zero-order valence-corrected chi connectivity index (χ0v) is 12.5. The number of rotatable bonds is 9. The molecular weight excluding hydrogens is 222 g/mol. The van der Waals surface area contributed by atoms with Crippen molar-refractivity contribution in [3.05, 3.63) is 0 Å². The first-order valence-electron chi connectivity index (χ1n) is 8.18. The molecule has 2 nitrogen and oxygen atoms in total. The van der Waals surface area contributed by atoms with E-state index in [4.69, 9.17) is 0 Å². The van der Waals surface area contributed by atoms with Crippen LogP contribution in [-0.4, -0.2) is 23.3 Å². The highest BCUT2D eigenvalue weighted by Gasteiger charge is 2.23. The molecule has 2 N–H and O–H groups in total. The Morgan fingerprint density at radius 2 is 1.72 bits per heavy atom. The lowest BCUT2D eigenvalue weighted by atomic mass is 9.93. The van der Waals surface area contributed by atoms with Crippen LogP contribution in [0.4, 0.5) is 0 Å². The highest BCUT2D eigenvalue weighted by molar-refractivity contribution is 4.83. The van der Waals surface area contributed by atoms with E-state index >= 15 is 0 Å². The SMILES string of the molecule is CCCCCCCCCC(O)C1CCCC(C)N1. The highest BCUT2D eigenvalue weighted by atomic mass is 16.3. The van der Waals surface area contributed by atoms with Crippen LogP contribution in [0.15, 0.2) is 0 Å². The molecule has 3 atom stereocenters. The van der Waals surface area contributed by atoms with E-state index in [9.17, 15) is 5.11 Å². The van der Waals surface area contributed by atoms with Gasteiger partial charge in [0.15, 0.2) is 0 Å². The lowest BCUT2D eigenvalue weighted by molar-refractivity contribution is 0.0928. The summed E-state index contributed by atoms with van der Waals surface area (Å²) in [6.07, 6.45) is 13.9. The van der Waals surface area contributed by atoms with Crippen molar-refractivity contribution in [3.8, 4) is 0 Å². The first kappa shape index (κ1) is 16.0. The second-order valence-electron chi connectivity index (χ2n) is 6.08. The van der Waals surface area contributed by atoms with Crippen LogP contribution in [0, 0.1) is 0 Å². The smallest absolute Gasteiger partial charge is 0.0693 e. The van der Waals surface area contributed by atoms with Gasteiger partial charge in [0.1, 0.15) is 0 Å².